The molecule has 0 aliphatic carbocycles. The van der Waals surface area contributed by atoms with Crippen LogP contribution in [0.4, 0.5) is 4.79 Å². The summed E-state index contributed by atoms with van der Waals surface area (Å²) in [5.74, 6) is -35.0. The lowest BCUT2D eigenvalue weighted by molar-refractivity contribution is -0.642. The summed E-state index contributed by atoms with van der Waals surface area (Å²) in [5, 5.41) is 167. The van der Waals surface area contributed by atoms with E-state index in [-0.39, 0.29) is 0 Å². The maximum atomic E-state index is 10.8. The van der Waals surface area contributed by atoms with Gasteiger partial charge >= 0.3 is 41.6 Å². The van der Waals surface area contributed by atoms with Crippen molar-refractivity contribution in [2.24, 2.45) is 5.41 Å². The fourth-order valence-corrected chi connectivity index (χ4v) is 2.67. The molecule has 0 aromatic heterocycles. The number of carbonyl (C=O) groups is 1. The van der Waals surface area contributed by atoms with Gasteiger partial charge in [-0.2, -0.15) is 0 Å². The van der Waals surface area contributed by atoms with Crippen molar-refractivity contribution in [2.75, 3.05) is 0 Å². The van der Waals surface area contributed by atoms with Gasteiger partial charge in [0.15, 0.2) is 0 Å². The van der Waals surface area contributed by atoms with Crippen molar-refractivity contribution >= 4 is 6.16 Å². The average Bonchev–Trinajstić information content (AvgIpc) is 2.25. The van der Waals surface area contributed by atoms with Crippen molar-refractivity contribution in [3.63, 3.8) is 0 Å². The Balaban J connectivity index is 8.01. The van der Waals surface area contributed by atoms with E-state index in [0.717, 1.165) is 0 Å². The van der Waals surface area contributed by atoms with Crippen molar-refractivity contribution in [3.05, 3.63) is 0 Å². The molecule has 18 N–H and O–H groups in total. The van der Waals surface area contributed by atoms with Crippen molar-refractivity contribution < 1.29 is 101 Å². The number of aliphatic hydroxyl groups is 17. The van der Waals surface area contributed by atoms with Crippen molar-refractivity contribution in [1.29, 1.82) is 0 Å². The van der Waals surface area contributed by atoms with Crippen LogP contribution in [0, 0.1) is 5.41 Å². The summed E-state index contributed by atoms with van der Waals surface area (Å²) in [4.78, 5) is 10.8. The minimum absolute atomic E-state index is 3.14. The van der Waals surface area contributed by atoms with Crippen LogP contribution in [0.3, 0.4) is 0 Å². The van der Waals surface area contributed by atoms with Crippen LogP contribution in [-0.4, -0.2) is 139 Å². The van der Waals surface area contributed by atoms with E-state index in [1.807, 2.05) is 0 Å². The van der Waals surface area contributed by atoms with E-state index in [0.29, 0.717) is 0 Å². The topological polar surface area (TPSA) is 390 Å². The first-order valence-corrected chi connectivity index (χ1v) is 6.39. The molecule has 0 aromatic rings. The molecule has 20 heteroatoms. The van der Waals surface area contributed by atoms with Gasteiger partial charge in [0.2, 0.25) is 0 Å². The number of rotatable bonds is 8. The monoisotopic (exact) mass is 446 g/mol. The maximum Gasteiger partial charge on any atom is 0.507 e. The highest BCUT2D eigenvalue weighted by Crippen LogP contribution is 2.58. The minimum Gasteiger partial charge on any atom is -0.450 e. The first kappa shape index (κ1) is 27.6. The standard InChI is InChI=1S/C9H18O20/c10-1(11)29-3(8(23,24)25,9(26,27)28)4(12,13)2(5(14,15)16,6(17,18)19)7(20,21)22/h12-28H,(H,10,11). The lowest BCUT2D eigenvalue weighted by Gasteiger charge is -2.59. The molecule has 0 amide bonds. The first-order valence-electron chi connectivity index (χ1n) is 6.39. The molecule has 0 spiro atoms. The summed E-state index contributed by atoms with van der Waals surface area (Å²) in [7, 11) is 0. The van der Waals surface area contributed by atoms with Gasteiger partial charge in [0.25, 0.3) is 11.2 Å². The fourth-order valence-electron chi connectivity index (χ4n) is 2.67. The smallest absolute Gasteiger partial charge is 0.450 e. The van der Waals surface area contributed by atoms with E-state index in [4.69, 9.17) is 5.11 Å². The van der Waals surface area contributed by atoms with E-state index in [1.165, 1.54) is 0 Å². The SMILES string of the molecule is O=C(O)OC(C(O)(O)O)(C(O)(O)O)C(O)(O)C(C(O)(O)O)(C(O)(O)O)C(O)(O)O. The number of hydrogen-bond acceptors (Lipinski definition) is 19. The second-order valence-electron chi connectivity index (χ2n) is 5.65. The molecule has 0 fully saturated rings. The summed E-state index contributed by atoms with van der Waals surface area (Å²) in [5.41, 5.74) is -12.1. The highest BCUT2D eigenvalue weighted by atomic mass is 16.8. The lowest BCUT2D eigenvalue weighted by Crippen LogP contribution is -2.92. The van der Waals surface area contributed by atoms with Gasteiger partial charge < -0.3 is 96.7 Å². The normalized spacial score (nSPS) is 16.0. The summed E-state index contributed by atoms with van der Waals surface area (Å²) in [6, 6.07) is 0. The van der Waals surface area contributed by atoms with Crippen LogP contribution in [0.15, 0.2) is 0 Å². The minimum atomic E-state index is -6.27. The molecule has 29 heavy (non-hydrogen) atoms. The second-order valence-corrected chi connectivity index (χ2v) is 5.65. The fraction of sp³-hybridized carbons (Fsp3) is 0.889. The molecule has 0 unspecified atom stereocenters. The molecule has 0 aromatic carbocycles. The summed E-state index contributed by atoms with van der Waals surface area (Å²) in [6.07, 6.45) is -3.22. The second kappa shape index (κ2) is 6.80. The zero-order chi connectivity index (χ0) is 24.3. The number of carboxylic acid groups (broad SMARTS) is 1. The third-order valence-corrected chi connectivity index (χ3v) is 3.71. The predicted molar refractivity (Wildman–Crippen MR) is 68.4 cm³/mol. The van der Waals surface area contributed by atoms with Crippen molar-refractivity contribution in [3.8, 4) is 0 Å². The molecule has 0 radical (unpaired) electrons. The van der Waals surface area contributed by atoms with Crippen molar-refractivity contribution in [2.45, 2.75) is 41.3 Å². The molecule has 0 bridgehead atoms. The lowest BCUT2D eigenvalue weighted by atomic mass is 9.63. The molecular weight excluding hydrogens is 428 g/mol. The van der Waals surface area contributed by atoms with Gasteiger partial charge in [-0.3, -0.25) is 0 Å². The molecule has 0 saturated heterocycles. The third kappa shape index (κ3) is 3.63. The van der Waals surface area contributed by atoms with Gasteiger partial charge in [0.1, 0.15) is 0 Å². The average molecular weight is 446 g/mol. The Morgan fingerprint density at radius 3 is 0.862 bits per heavy atom. The van der Waals surface area contributed by atoms with Crippen LogP contribution in [0.25, 0.3) is 0 Å². The van der Waals surface area contributed by atoms with Crippen LogP contribution in [0.5, 0.6) is 0 Å². The zero-order valence-electron chi connectivity index (χ0n) is 13.4. The molecule has 174 valence electrons. The molecule has 0 rings (SSSR count). The quantitative estimate of drug-likeness (QED) is 0.121. The molecule has 0 aliphatic heterocycles. The van der Waals surface area contributed by atoms with Gasteiger partial charge in [0.05, 0.1) is 0 Å². The van der Waals surface area contributed by atoms with Gasteiger partial charge in [0, 0.05) is 0 Å². The highest BCUT2D eigenvalue weighted by molar-refractivity contribution is 5.58. The Labute approximate surface area is 155 Å². The maximum absolute atomic E-state index is 10.8. The molecular formula is C9H18O20. The number of ether oxygens (including phenoxy) is 1. The summed E-state index contributed by atoms with van der Waals surface area (Å²) < 4.78 is 3.14. The van der Waals surface area contributed by atoms with E-state index in [2.05, 4.69) is 4.74 Å². The Morgan fingerprint density at radius 2 is 0.724 bits per heavy atom. The van der Waals surface area contributed by atoms with Crippen molar-refractivity contribution in [1.82, 2.24) is 0 Å². The zero-order valence-corrected chi connectivity index (χ0v) is 13.4. The van der Waals surface area contributed by atoms with Gasteiger partial charge in [-0.25, -0.2) is 4.79 Å². The Kier molecular flexibility index (Phi) is 6.47. The predicted octanol–water partition coefficient (Wildman–Crippen LogP) is -10.8. The molecule has 0 atom stereocenters. The van der Waals surface area contributed by atoms with Crippen LogP contribution in [0.2, 0.25) is 0 Å². The Bertz CT molecular complexity index is 552. The molecule has 20 nitrogen and oxygen atoms in total. The van der Waals surface area contributed by atoms with Gasteiger partial charge in [-0.15, -0.1) is 0 Å². The van der Waals surface area contributed by atoms with Crippen LogP contribution in [0.1, 0.15) is 0 Å². The number of hydrogen-bond donors (Lipinski definition) is 18. The largest absolute Gasteiger partial charge is 0.507 e. The third-order valence-electron chi connectivity index (χ3n) is 3.71. The summed E-state index contributed by atoms with van der Waals surface area (Å²) in [6.45, 7) is 0. The molecule has 0 aliphatic rings. The highest BCUT2D eigenvalue weighted by Gasteiger charge is 2.94. The van der Waals surface area contributed by atoms with E-state index in [1.54, 1.807) is 0 Å². The summed E-state index contributed by atoms with van der Waals surface area (Å²) >= 11 is 0. The Morgan fingerprint density at radius 1 is 0.483 bits per heavy atom. The molecule has 0 heterocycles. The van der Waals surface area contributed by atoms with Crippen LogP contribution < -0.4 is 0 Å². The Hall–Kier alpha value is -1.41. The van der Waals surface area contributed by atoms with Crippen LogP contribution in [-0.2, 0) is 4.74 Å². The van der Waals surface area contributed by atoms with Crippen LogP contribution >= 0.6 is 0 Å². The molecule has 0 saturated carbocycles. The van der Waals surface area contributed by atoms with Gasteiger partial charge in [-0.1, -0.05) is 0 Å². The van der Waals surface area contributed by atoms with Gasteiger partial charge in [-0.05, 0) is 0 Å². The first-order chi connectivity index (χ1) is 12.2. The van der Waals surface area contributed by atoms with E-state index in [9.17, 15) is 91.6 Å². The van der Waals surface area contributed by atoms with E-state index >= 15 is 0 Å². The van der Waals surface area contributed by atoms with E-state index < -0.39 is 52.8 Å².